The molecular weight excluding hydrogens is 280 g/mol. The number of hydrogen-bond acceptors (Lipinski definition) is 4. The first-order valence-corrected chi connectivity index (χ1v) is 7.14. The highest BCUT2D eigenvalue weighted by Crippen LogP contribution is 2.24. The largest absolute Gasteiger partial charge is 0.504 e. The molecule has 0 spiro atoms. The summed E-state index contributed by atoms with van der Waals surface area (Å²) in [6, 6.07) is 13.6. The summed E-state index contributed by atoms with van der Waals surface area (Å²) in [7, 11) is 0. The van der Waals surface area contributed by atoms with Crippen LogP contribution < -0.4 is 11.1 Å². The van der Waals surface area contributed by atoms with E-state index in [1.165, 1.54) is 12.1 Å². The molecule has 0 aliphatic carbocycles. The number of rotatable bonds is 6. The highest BCUT2D eigenvalue weighted by molar-refractivity contribution is 5.81. The molecule has 2 aromatic rings. The van der Waals surface area contributed by atoms with Gasteiger partial charge in [0.1, 0.15) is 0 Å². The molecule has 0 saturated heterocycles. The lowest BCUT2D eigenvalue weighted by Crippen LogP contribution is -2.42. The molecule has 2 rings (SSSR count). The molecular formula is C17H20N2O3. The first kappa shape index (κ1) is 15.9. The van der Waals surface area contributed by atoms with Gasteiger partial charge >= 0.3 is 0 Å². The lowest BCUT2D eigenvalue weighted by atomic mass is 10.1. The van der Waals surface area contributed by atoms with E-state index in [-0.39, 0.29) is 17.4 Å². The summed E-state index contributed by atoms with van der Waals surface area (Å²) in [5, 5.41) is 21.4. The topological polar surface area (TPSA) is 95.6 Å². The van der Waals surface area contributed by atoms with Crippen LogP contribution in [0.2, 0.25) is 0 Å². The molecule has 1 amide bonds. The van der Waals surface area contributed by atoms with Crippen molar-refractivity contribution in [1.29, 1.82) is 0 Å². The van der Waals surface area contributed by atoms with Crippen molar-refractivity contribution in [3.63, 3.8) is 0 Å². The Balaban J connectivity index is 1.78. The van der Waals surface area contributed by atoms with Crippen molar-refractivity contribution >= 4 is 5.91 Å². The van der Waals surface area contributed by atoms with Crippen molar-refractivity contribution < 1.29 is 15.0 Å². The highest BCUT2D eigenvalue weighted by Gasteiger charge is 2.13. The average Bonchev–Trinajstić information content (AvgIpc) is 2.51. The van der Waals surface area contributed by atoms with Gasteiger partial charge in [-0.1, -0.05) is 36.4 Å². The summed E-state index contributed by atoms with van der Waals surface area (Å²) >= 11 is 0. The van der Waals surface area contributed by atoms with Crippen molar-refractivity contribution in [3.05, 3.63) is 59.7 Å². The molecule has 0 aromatic heterocycles. The van der Waals surface area contributed by atoms with Gasteiger partial charge in [-0.3, -0.25) is 4.79 Å². The summed E-state index contributed by atoms with van der Waals surface area (Å²) in [4.78, 5) is 11.9. The van der Waals surface area contributed by atoms with Crippen molar-refractivity contribution in [2.45, 2.75) is 18.9 Å². The predicted octanol–water partition coefficient (Wildman–Crippen LogP) is 1.33. The van der Waals surface area contributed by atoms with E-state index in [4.69, 9.17) is 5.73 Å². The van der Waals surface area contributed by atoms with E-state index < -0.39 is 6.04 Å². The Morgan fingerprint density at radius 1 is 1.05 bits per heavy atom. The summed E-state index contributed by atoms with van der Waals surface area (Å²) in [5.41, 5.74) is 7.74. The number of carbonyl (C=O) groups is 1. The van der Waals surface area contributed by atoms with E-state index in [9.17, 15) is 15.0 Å². The molecule has 1 atom stereocenters. The maximum Gasteiger partial charge on any atom is 0.237 e. The van der Waals surface area contributed by atoms with Gasteiger partial charge < -0.3 is 21.3 Å². The SMILES string of the molecule is N[C@H](Cc1ccccc1)C(=O)NCCc1ccc(O)c(O)c1. The second-order valence-electron chi connectivity index (χ2n) is 5.16. The summed E-state index contributed by atoms with van der Waals surface area (Å²) in [6.07, 6.45) is 1.05. The van der Waals surface area contributed by atoms with Crippen LogP contribution in [0.15, 0.2) is 48.5 Å². The Kier molecular flexibility index (Phi) is 5.38. The van der Waals surface area contributed by atoms with Crippen LogP contribution in [0.5, 0.6) is 11.5 Å². The fraction of sp³-hybridized carbons (Fsp3) is 0.235. The zero-order valence-electron chi connectivity index (χ0n) is 12.2. The number of phenols is 2. The second kappa shape index (κ2) is 7.47. The second-order valence-corrected chi connectivity index (χ2v) is 5.16. The Labute approximate surface area is 129 Å². The lowest BCUT2D eigenvalue weighted by Gasteiger charge is -2.12. The van der Waals surface area contributed by atoms with Crippen LogP contribution in [0.1, 0.15) is 11.1 Å². The molecule has 0 heterocycles. The highest BCUT2D eigenvalue weighted by atomic mass is 16.3. The van der Waals surface area contributed by atoms with Crippen molar-refractivity contribution in [2.75, 3.05) is 6.54 Å². The van der Waals surface area contributed by atoms with Gasteiger partial charge in [-0.05, 0) is 36.1 Å². The van der Waals surface area contributed by atoms with Crippen LogP contribution in [0.4, 0.5) is 0 Å². The predicted molar refractivity (Wildman–Crippen MR) is 84.6 cm³/mol. The smallest absolute Gasteiger partial charge is 0.237 e. The third kappa shape index (κ3) is 4.49. The summed E-state index contributed by atoms with van der Waals surface area (Å²) in [6.45, 7) is 0.422. The molecule has 0 saturated carbocycles. The number of nitrogens with one attached hydrogen (secondary N) is 1. The van der Waals surface area contributed by atoms with Gasteiger partial charge in [-0.15, -0.1) is 0 Å². The normalized spacial score (nSPS) is 11.9. The number of amides is 1. The zero-order valence-corrected chi connectivity index (χ0v) is 12.2. The Bertz CT molecular complexity index is 629. The van der Waals surface area contributed by atoms with Gasteiger partial charge in [0.05, 0.1) is 6.04 Å². The van der Waals surface area contributed by atoms with Crippen molar-refractivity contribution in [1.82, 2.24) is 5.32 Å². The minimum absolute atomic E-state index is 0.155. The van der Waals surface area contributed by atoms with Gasteiger partial charge in [0.2, 0.25) is 5.91 Å². The Hall–Kier alpha value is -2.53. The van der Waals surface area contributed by atoms with Crippen LogP contribution >= 0.6 is 0 Å². The first-order valence-electron chi connectivity index (χ1n) is 7.14. The van der Waals surface area contributed by atoms with Gasteiger partial charge in [-0.2, -0.15) is 0 Å². The molecule has 5 nitrogen and oxygen atoms in total. The molecule has 0 unspecified atom stereocenters. The minimum Gasteiger partial charge on any atom is -0.504 e. The van der Waals surface area contributed by atoms with Gasteiger partial charge in [0.25, 0.3) is 0 Å². The maximum absolute atomic E-state index is 11.9. The quantitative estimate of drug-likeness (QED) is 0.605. The number of phenolic OH excluding ortho intramolecular Hbond substituents is 2. The van der Waals surface area contributed by atoms with E-state index in [0.717, 1.165) is 11.1 Å². The summed E-state index contributed by atoms with van der Waals surface area (Å²) in [5.74, 6) is -0.519. The molecule has 0 aliphatic heterocycles. The van der Waals surface area contributed by atoms with Crippen molar-refractivity contribution in [2.24, 2.45) is 5.73 Å². The first-order chi connectivity index (χ1) is 10.6. The fourth-order valence-electron chi connectivity index (χ4n) is 2.15. The van der Waals surface area contributed by atoms with Crippen LogP contribution in [-0.2, 0) is 17.6 Å². The monoisotopic (exact) mass is 300 g/mol. The van der Waals surface area contributed by atoms with E-state index in [0.29, 0.717) is 19.4 Å². The van der Waals surface area contributed by atoms with E-state index >= 15 is 0 Å². The lowest BCUT2D eigenvalue weighted by molar-refractivity contribution is -0.122. The Morgan fingerprint density at radius 2 is 1.77 bits per heavy atom. The average molecular weight is 300 g/mol. The molecule has 2 aromatic carbocycles. The Morgan fingerprint density at radius 3 is 2.45 bits per heavy atom. The molecule has 22 heavy (non-hydrogen) atoms. The number of carbonyl (C=O) groups excluding carboxylic acids is 1. The molecule has 0 bridgehead atoms. The van der Waals surface area contributed by atoms with Gasteiger partial charge in [-0.25, -0.2) is 0 Å². The molecule has 0 aliphatic rings. The van der Waals surface area contributed by atoms with Gasteiger partial charge in [0, 0.05) is 6.54 Å². The zero-order chi connectivity index (χ0) is 15.9. The van der Waals surface area contributed by atoms with E-state index in [1.807, 2.05) is 30.3 Å². The molecule has 0 radical (unpaired) electrons. The van der Waals surface area contributed by atoms with Crippen LogP contribution in [-0.4, -0.2) is 28.7 Å². The third-order valence-electron chi connectivity index (χ3n) is 3.39. The molecule has 5 heteroatoms. The van der Waals surface area contributed by atoms with Gasteiger partial charge in [0.15, 0.2) is 11.5 Å². The number of nitrogens with two attached hydrogens (primary N) is 1. The molecule has 116 valence electrons. The minimum atomic E-state index is -0.587. The third-order valence-corrected chi connectivity index (χ3v) is 3.39. The fourth-order valence-corrected chi connectivity index (χ4v) is 2.15. The number of benzene rings is 2. The maximum atomic E-state index is 11.9. The molecule has 5 N–H and O–H groups in total. The summed E-state index contributed by atoms with van der Waals surface area (Å²) < 4.78 is 0. The van der Waals surface area contributed by atoms with E-state index in [2.05, 4.69) is 5.32 Å². The molecule has 0 fully saturated rings. The van der Waals surface area contributed by atoms with Crippen molar-refractivity contribution in [3.8, 4) is 11.5 Å². The van der Waals surface area contributed by atoms with Crippen LogP contribution in [0, 0.1) is 0 Å². The van der Waals surface area contributed by atoms with Crippen LogP contribution in [0.25, 0.3) is 0 Å². The number of hydrogen-bond donors (Lipinski definition) is 4. The van der Waals surface area contributed by atoms with Crippen LogP contribution in [0.3, 0.4) is 0 Å². The number of aromatic hydroxyl groups is 2. The standard InChI is InChI=1S/C17H20N2O3/c18-14(10-12-4-2-1-3-5-12)17(22)19-9-8-13-6-7-15(20)16(21)11-13/h1-7,11,14,20-21H,8-10,18H2,(H,19,22)/t14-/m1/s1. The van der Waals surface area contributed by atoms with E-state index in [1.54, 1.807) is 6.07 Å².